The third-order valence-corrected chi connectivity index (χ3v) is 1.84. The number of rotatable bonds is 3. The van der Waals surface area contributed by atoms with Gasteiger partial charge in [0.1, 0.15) is 17.5 Å². The van der Waals surface area contributed by atoms with Crippen LogP contribution in [0.2, 0.25) is 0 Å². The molecule has 0 aliphatic rings. The van der Waals surface area contributed by atoms with Crippen LogP contribution in [0.5, 0.6) is 11.5 Å². The lowest BCUT2D eigenvalue weighted by Gasteiger charge is -2.09. The Balaban J connectivity index is 3.05. The van der Waals surface area contributed by atoms with Crippen molar-refractivity contribution >= 4 is 5.97 Å². The van der Waals surface area contributed by atoms with Crippen LogP contribution in [0.25, 0.3) is 0 Å². The van der Waals surface area contributed by atoms with Crippen LogP contribution in [0.3, 0.4) is 0 Å². The van der Waals surface area contributed by atoms with Crippen molar-refractivity contribution in [2.24, 2.45) is 5.73 Å². The van der Waals surface area contributed by atoms with E-state index in [2.05, 4.69) is 0 Å². The summed E-state index contributed by atoms with van der Waals surface area (Å²) >= 11 is 0. The minimum Gasteiger partial charge on any atom is -0.507 e. The number of hydrogen-bond acceptors (Lipinski definition) is 4. The van der Waals surface area contributed by atoms with Crippen molar-refractivity contribution in [3.8, 4) is 11.5 Å². The average Bonchev–Trinajstić information content (AvgIpc) is 2.16. The first-order valence-corrected chi connectivity index (χ1v) is 3.91. The highest BCUT2D eigenvalue weighted by Crippen LogP contribution is 2.27. The first-order valence-electron chi connectivity index (χ1n) is 3.91. The summed E-state index contributed by atoms with van der Waals surface area (Å²) < 4.78 is 4.84. The van der Waals surface area contributed by atoms with Gasteiger partial charge in [0.05, 0.1) is 7.11 Å². The summed E-state index contributed by atoms with van der Waals surface area (Å²) in [7, 11) is 1.45. The molecule has 1 atom stereocenters. The number of phenols is 1. The van der Waals surface area contributed by atoms with Gasteiger partial charge in [-0.25, -0.2) is 0 Å². The zero-order chi connectivity index (χ0) is 10.7. The number of carbonyl (C=O) groups is 1. The molecule has 4 N–H and O–H groups in total. The second-order valence-corrected chi connectivity index (χ2v) is 2.74. The quantitative estimate of drug-likeness (QED) is 0.655. The van der Waals surface area contributed by atoms with Crippen molar-refractivity contribution in [3.63, 3.8) is 0 Å². The van der Waals surface area contributed by atoms with E-state index in [1.807, 2.05) is 0 Å². The molecule has 1 aromatic rings. The van der Waals surface area contributed by atoms with Crippen LogP contribution >= 0.6 is 0 Å². The third-order valence-electron chi connectivity index (χ3n) is 1.84. The predicted molar refractivity (Wildman–Crippen MR) is 49.2 cm³/mol. The molecule has 0 bridgehead atoms. The molecular weight excluding hydrogens is 186 g/mol. The average molecular weight is 197 g/mol. The number of methoxy groups -OCH3 is 1. The standard InChI is InChI=1S/C9H11NO4/c1-14-5-2-3-6(7(11)4-5)8(10)9(12)13/h2-4,8,11H,10H2,1H3,(H,12,13)/t8-/m1/s1. The fraction of sp³-hybridized carbons (Fsp3) is 0.222. The Labute approximate surface area is 80.7 Å². The largest absolute Gasteiger partial charge is 0.507 e. The van der Waals surface area contributed by atoms with Gasteiger partial charge in [0.15, 0.2) is 0 Å². The van der Waals surface area contributed by atoms with E-state index in [-0.39, 0.29) is 11.3 Å². The Bertz CT molecular complexity index is 351. The highest BCUT2D eigenvalue weighted by atomic mass is 16.5. The maximum absolute atomic E-state index is 10.5. The number of aliphatic carboxylic acids is 1. The van der Waals surface area contributed by atoms with Crippen molar-refractivity contribution in [3.05, 3.63) is 23.8 Å². The van der Waals surface area contributed by atoms with Gasteiger partial charge in [0.2, 0.25) is 0 Å². The third kappa shape index (κ3) is 1.94. The van der Waals surface area contributed by atoms with Gasteiger partial charge in [-0.05, 0) is 12.1 Å². The van der Waals surface area contributed by atoms with Gasteiger partial charge in [-0.15, -0.1) is 0 Å². The topological polar surface area (TPSA) is 92.8 Å². The molecule has 5 heteroatoms. The second-order valence-electron chi connectivity index (χ2n) is 2.74. The molecule has 1 rings (SSSR count). The Kier molecular flexibility index (Phi) is 2.93. The lowest BCUT2D eigenvalue weighted by atomic mass is 10.1. The minimum atomic E-state index is -1.22. The predicted octanol–water partition coefficient (Wildman–Crippen LogP) is 0.485. The summed E-state index contributed by atoms with van der Waals surface area (Å²) in [5, 5.41) is 18.0. The molecule has 0 aliphatic heterocycles. The molecule has 0 aliphatic carbocycles. The molecule has 0 aromatic heterocycles. The smallest absolute Gasteiger partial charge is 0.325 e. The number of aromatic hydroxyl groups is 1. The van der Waals surface area contributed by atoms with E-state index in [1.54, 1.807) is 0 Å². The van der Waals surface area contributed by atoms with E-state index in [1.165, 1.54) is 25.3 Å². The number of ether oxygens (including phenoxy) is 1. The van der Waals surface area contributed by atoms with Gasteiger partial charge in [0, 0.05) is 11.6 Å². The molecule has 0 fully saturated rings. The summed E-state index contributed by atoms with van der Waals surface area (Å²) in [6, 6.07) is 3.06. The van der Waals surface area contributed by atoms with E-state index in [4.69, 9.17) is 15.6 Å². The van der Waals surface area contributed by atoms with Gasteiger partial charge in [-0.3, -0.25) is 4.79 Å². The van der Waals surface area contributed by atoms with Gasteiger partial charge in [0.25, 0.3) is 0 Å². The van der Waals surface area contributed by atoms with Crippen LogP contribution in [0, 0.1) is 0 Å². The van der Waals surface area contributed by atoms with Crippen molar-refractivity contribution < 1.29 is 19.7 Å². The van der Waals surface area contributed by atoms with E-state index in [9.17, 15) is 9.90 Å². The summed E-state index contributed by atoms with van der Waals surface area (Å²) in [5.41, 5.74) is 5.49. The zero-order valence-corrected chi connectivity index (χ0v) is 7.60. The molecule has 0 amide bonds. The van der Waals surface area contributed by atoms with E-state index < -0.39 is 12.0 Å². The van der Waals surface area contributed by atoms with Crippen molar-refractivity contribution in [1.29, 1.82) is 0 Å². The molecule has 0 radical (unpaired) electrons. The Morgan fingerprint density at radius 2 is 2.21 bits per heavy atom. The fourth-order valence-corrected chi connectivity index (χ4v) is 1.05. The Morgan fingerprint density at radius 3 is 2.64 bits per heavy atom. The maximum Gasteiger partial charge on any atom is 0.325 e. The molecule has 0 unspecified atom stereocenters. The maximum atomic E-state index is 10.5. The molecule has 0 heterocycles. The van der Waals surface area contributed by atoms with Crippen LogP contribution in [-0.2, 0) is 4.79 Å². The van der Waals surface area contributed by atoms with Crippen LogP contribution in [-0.4, -0.2) is 23.3 Å². The van der Waals surface area contributed by atoms with Crippen LogP contribution < -0.4 is 10.5 Å². The first-order chi connectivity index (χ1) is 6.56. The Morgan fingerprint density at radius 1 is 1.57 bits per heavy atom. The fourth-order valence-electron chi connectivity index (χ4n) is 1.05. The van der Waals surface area contributed by atoms with Crippen LogP contribution in [0.4, 0.5) is 0 Å². The lowest BCUT2D eigenvalue weighted by Crippen LogP contribution is -2.20. The number of benzene rings is 1. The molecular formula is C9H11NO4. The molecule has 0 saturated carbocycles. The van der Waals surface area contributed by atoms with Crippen molar-refractivity contribution in [2.75, 3.05) is 7.11 Å². The summed E-state index contributed by atoms with van der Waals surface area (Å²) in [4.78, 5) is 10.5. The van der Waals surface area contributed by atoms with Gasteiger partial charge in [-0.2, -0.15) is 0 Å². The normalized spacial score (nSPS) is 12.1. The van der Waals surface area contributed by atoms with Crippen molar-refractivity contribution in [1.82, 2.24) is 0 Å². The summed E-state index contributed by atoms with van der Waals surface area (Å²) in [5.74, 6) is -0.923. The summed E-state index contributed by atoms with van der Waals surface area (Å²) in [6.07, 6.45) is 0. The minimum absolute atomic E-state index is 0.165. The van der Waals surface area contributed by atoms with Crippen LogP contribution in [0.15, 0.2) is 18.2 Å². The van der Waals surface area contributed by atoms with E-state index in [0.717, 1.165) is 0 Å². The number of carboxylic acid groups (broad SMARTS) is 1. The second kappa shape index (κ2) is 3.97. The van der Waals surface area contributed by atoms with E-state index >= 15 is 0 Å². The first kappa shape index (κ1) is 10.3. The molecule has 76 valence electrons. The monoisotopic (exact) mass is 197 g/mol. The van der Waals surface area contributed by atoms with Crippen molar-refractivity contribution in [2.45, 2.75) is 6.04 Å². The van der Waals surface area contributed by atoms with Gasteiger partial charge in [-0.1, -0.05) is 0 Å². The van der Waals surface area contributed by atoms with Gasteiger partial charge >= 0.3 is 5.97 Å². The lowest BCUT2D eigenvalue weighted by molar-refractivity contribution is -0.138. The van der Waals surface area contributed by atoms with Crippen LogP contribution in [0.1, 0.15) is 11.6 Å². The molecule has 5 nitrogen and oxygen atoms in total. The molecule has 0 saturated heterocycles. The highest BCUT2D eigenvalue weighted by Gasteiger charge is 2.18. The molecule has 1 aromatic carbocycles. The highest BCUT2D eigenvalue weighted by molar-refractivity contribution is 5.76. The Hall–Kier alpha value is -1.75. The van der Waals surface area contributed by atoms with Gasteiger partial charge < -0.3 is 20.7 Å². The van der Waals surface area contributed by atoms with E-state index in [0.29, 0.717) is 5.75 Å². The zero-order valence-electron chi connectivity index (χ0n) is 7.60. The SMILES string of the molecule is COc1ccc([C@@H](N)C(=O)O)c(O)c1. The number of nitrogens with two attached hydrogens (primary N) is 1. The molecule has 14 heavy (non-hydrogen) atoms. The number of carboxylic acids is 1. The number of hydrogen-bond donors (Lipinski definition) is 3. The molecule has 0 spiro atoms. The number of phenolic OH excluding ortho intramolecular Hbond substituents is 1. The summed E-state index contributed by atoms with van der Waals surface area (Å²) in [6.45, 7) is 0.